The zero-order valence-corrected chi connectivity index (χ0v) is 35.1. The lowest BCUT2D eigenvalue weighted by Crippen LogP contribution is -2.56. The quantitative estimate of drug-likeness (QED) is 0.142. The van der Waals surface area contributed by atoms with E-state index in [1.54, 1.807) is 29.1 Å². The smallest absolute Gasteiger partial charge is 0.405 e. The third-order valence-corrected chi connectivity index (χ3v) is 12.8. The van der Waals surface area contributed by atoms with Gasteiger partial charge in [-0.2, -0.15) is 0 Å². The van der Waals surface area contributed by atoms with Gasteiger partial charge in [0, 0.05) is 67.0 Å². The van der Waals surface area contributed by atoms with Crippen molar-refractivity contribution in [3.05, 3.63) is 83.7 Å². The van der Waals surface area contributed by atoms with E-state index in [0.29, 0.717) is 76.7 Å². The summed E-state index contributed by atoms with van der Waals surface area (Å²) in [4.78, 5) is 71.8. The molecule has 4 unspecified atom stereocenters. The van der Waals surface area contributed by atoms with Crippen LogP contribution in [-0.2, 0) is 28.5 Å². The number of nitrogens with one attached hydrogen (secondary N) is 2. The minimum atomic E-state index is -1.42. The van der Waals surface area contributed by atoms with Gasteiger partial charge in [0.15, 0.2) is 11.7 Å². The summed E-state index contributed by atoms with van der Waals surface area (Å²) in [5.41, 5.74) is 14.5. The lowest BCUT2D eigenvalue weighted by Gasteiger charge is -2.42. The molecule has 2 aromatic carbocycles. The van der Waals surface area contributed by atoms with Gasteiger partial charge in [-0.25, -0.2) is 19.6 Å². The second-order valence-electron chi connectivity index (χ2n) is 16.9. The van der Waals surface area contributed by atoms with Gasteiger partial charge < -0.3 is 50.2 Å². The van der Waals surface area contributed by atoms with Crippen LogP contribution in [0.25, 0.3) is 22.5 Å². The topological polar surface area (TPSA) is 221 Å². The van der Waals surface area contributed by atoms with E-state index in [2.05, 4.69) is 21.8 Å². The molecule has 326 valence electrons. The number of carbonyl (C=O) groups excluding carboxylic acids is 4. The monoisotopic (exact) mass is 846 g/mol. The number of nitrogens with zero attached hydrogens (tertiary/aromatic N) is 4. The molecule has 4 aromatic rings. The molecule has 16 heteroatoms. The number of H-pyrrole nitrogens is 2. The Bertz CT molecular complexity index is 2340. The first kappa shape index (κ1) is 42.5. The molecule has 2 aromatic heterocycles. The Morgan fingerprint density at radius 1 is 0.806 bits per heavy atom. The number of benzene rings is 2. The van der Waals surface area contributed by atoms with Crippen molar-refractivity contribution in [3.8, 4) is 34.4 Å². The summed E-state index contributed by atoms with van der Waals surface area (Å²) in [7, 11) is 0. The summed E-state index contributed by atoms with van der Waals surface area (Å²) in [6.07, 6.45) is 5.98. The fourth-order valence-electron chi connectivity index (χ4n) is 9.54. The predicted octanol–water partition coefficient (Wildman–Crippen LogP) is 5.75. The number of imidazole rings is 2. The second kappa shape index (κ2) is 18.4. The lowest BCUT2D eigenvalue weighted by atomic mass is 9.80. The molecule has 62 heavy (non-hydrogen) atoms. The normalized spacial score (nSPS) is 23.2. The van der Waals surface area contributed by atoms with Crippen molar-refractivity contribution in [1.29, 1.82) is 0 Å². The zero-order chi connectivity index (χ0) is 43.4. The van der Waals surface area contributed by atoms with Gasteiger partial charge in [-0.3, -0.25) is 9.59 Å². The van der Waals surface area contributed by atoms with E-state index in [1.165, 1.54) is 0 Å². The standard InChI is InChI=1S/C46H54N8O8/c1-28-23-34(17-22-60-28)46(2,62-45(48)58)43(56)54-19-6-12-38(54)41-50-27-36(52-41)33-10-4-8-30(25-33)14-13-29-7-3-9-32(24-29)35-26-49-40(51-35)37-11-5-18-53(37)42(55)39(61-44(47)57)31-15-20-59-21-16-31/h3-4,7-10,24-28,31,34,37-39H,5-6,11-12,15-23H2,1-2H3,(H2,47,57)(H2,48,58)(H,49,51)(H,50,52)/t28?,34?,37?,38?,39-,46-/m0/s1. The second-order valence-corrected chi connectivity index (χ2v) is 16.9. The van der Waals surface area contributed by atoms with Crippen molar-refractivity contribution in [1.82, 2.24) is 29.7 Å². The van der Waals surface area contributed by atoms with Gasteiger partial charge in [0.05, 0.1) is 42.0 Å². The van der Waals surface area contributed by atoms with Gasteiger partial charge in [-0.1, -0.05) is 36.1 Å². The van der Waals surface area contributed by atoms with Crippen LogP contribution in [0.3, 0.4) is 0 Å². The SMILES string of the molecule is CC1CC([C@](C)(OC(N)=O)C(=O)N2CCCC2c2ncc(-c3cccc(C#Cc4cccc(-c5cnc(C6CCCN6C(=O)[C@@H](OC(N)=O)C6CCOCC6)[nH]5)c4)c3)[nH]2)CCO1. The van der Waals surface area contributed by atoms with Crippen LogP contribution >= 0.6 is 0 Å². The summed E-state index contributed by atoms with van der Waals surface area (Å²) in [6.45, 7) is 6.16. The Labute approximate surface area is 360 Å². The summed E-state index contributed by atoms with van der Waals surface area (Å²) in [6, 6.07) is 15.1. The van der Waals surface area contributed by atoms with E-state index in [4.69, 9.17) is 40.4 Å². The molecule has 0 radical (unpaired) electrons. The van der Waals surface area contributed by atoms with Crippen molar-refractivity contribution < 1.29 is 38.1 Å². The van der Waals surface area contributed by atoms with Crippen LogP contribution in [0.2, 0.25) is 0 Å². The minimum absolute atomic E-state index is 0.0640. The van der Waals surface area contributed by atoms with E-state index in [0.717, 1.165) is 52.9 Å². The summed E-state index contributed by atoms with van der Waals surface area (Å²) in [5, 5.41) is 0. The van der Waals surface area contributed by atoms with Gasteiger partial charge in [-0.15, -0.1) is 0 Å². The van der Waals surface area contributed by atoms with E-state index in [1.807, 2.05) is 55.5 Å². The molecular weight excluding hydrogens is 793 g/mol. The summed E-state index contributed by atoms with van der Waals surface area (Å²) < 4.78 is 22.2. The highest BCUT2D eigenvalue weighted by molar-refractivity contribution is 5.88. The molecule has 6 atom stereocenters. The first-order chi connectivity index (χ1) is 30.0. The van der Waals surface area contributed by atoms with Gasteiger partial charge >= 0.3 is 12.2 Å². The first-order valence-electron chi connectivity index (χ1n) is 21.5. The predicted molar refractivity (Wildman–Crippen MR) is 227 cm³/mol. The molecular formula is C46H54N8O8. The van der Waals surface area contributed by atoms with Crippen LogP contribution in [0, 0.1) is 23.7 Å². The van der Waals surface area contributed by atoms with Gasteiger partial charge in [0.1, 0.15) is 11.6 Å². The number of likely N-dealkylation sites (tertiary alicyclic amines) is 2. The molecule has 4 amide bonds. The lowest BCUT2D eigenvalue weighted by molar-refractivity contribution is -0.162. The number of hydrogen-bond donors (Lipinski definition) is 4. The van der Waals surface area contributed by atoms with Crippen molar-refractivity contribution in [2.75, 3.05) is 32.9 Å². The highest BCUT2D eigenvalue weighted by Crippen LogP contribution is 2.40. The Kier molecular flexibility index (Phi) is 12.6. The van der Waals surface area contributed by atoms with Crippen LogP contribution in [-0.4, -0.2) is 104 Å². The molecule has 6 N–H and O–H groups in total. The van der Waals surface area contributed by atoms with Crippen molar-refractivity contribution >= 4 is 24.0 Å². The van der Waals surface area contributed by atoms with E-state index in [-0.39, 0.29) is 41.8 Å². The molecule has 4 fully saturated rings. The van der Waals surface area contributed by atoms with Crippen molar-refractivity contribution in [2.45, 2.75) is 95.1 Å². The Hall–Kier alpha value is -6.18. The third kappa shape index (κ3) is 9.19. The molecule has 8 rings (SSSR count). The zero-order valence-electron chi connectivity index (χ0n) is 35.1. The van der Waals surface area contributed by atoms with Gasteiger partial charge in [-0.05, 0) is 89.5 Å². The fourth-order valence-corrected chi connectivity index (χ4v) is 9.54. The number of nitrogens with two attached hydrogens (primary N) is 2. The number of amides is 4. The van der Waals surface area contributed by atoms with E-state index in [9.17, 15) is 19.2 Å². The number of ether oxygens (including phenoxy) is 4. The molecule has 0 spiro atoms. The molecule has 0 aliphatic carbocycles. The molecule has 4 saturated heterocycles. The number of hydrogen-bond acceptors (Lipinski definition) is 10. The highest BCUT2D eigenvalue weighted by atomic mass is 16.6. The first-order valence-corrected chi connectivity index (χ1v) is 21.5. The molecule has 4 aliphatic heterocycles. The van der Waals surface area contributed by atoms with Crippen LogP contribution in [0.4, 0.5) is 9.59 Å². The maximum Gasteiger partial charge on any atom is 0.405 e. The third-order valence-electron chi connectivity index (χ3n) is 12.8. The highest BCUT2D eigenvalue weighted by Gasteiger charge is 2.51. The Morgan fingerprint density at radius 2 is 1.39 bits per heavy atom. The van der Waals surface area contributed by atoms with Gasteiger partial charge in [0.2, 0.25) is 0 Å². The Balaban J connectivity index is 0.948. The van der Waals surface area contributed by atoms with Crippen LogP contribution < -0.4 is 11.5 Å². The minimum Gasteiger partial charge on any atom is -0.436 e. The summed E-state index contributed by atoms with van der Waals surface area (Å²) >= 11 is 0. The number of aromatic amines is 2. The fraction of sp³-hybridized carbons (Fsp3) is 0.478. The summed E-state index contributed by atoms with van der Waals surface area (Å²) in [5.74, 6) is 7.01. The Morgan fingerprint density at radius 3 is 1.95 bits per heavy atom. The number of rotatable bonds is 10. The number of carbonyl (C=O) groups is 4. The van der Waals surface area contributed by atoms with Gasteiger partial charge in [0.25, 0.3) is 11.8 Å². The molecule has 0 saturated carbocycles. The maximum absolute atomic E-state index is 14.2. The molecule has 16 nitrogen and oxygen atoms in total. The molecule has 0 bridgehead atoms. The van der Waals surface area contributed by atoms with E-state index >= 15 is 0 Å². The molecule has 4 aliphatic rings. The molecule has 6 heterocycles. The number of aromatic nitrogens is 4. The van der Waals surface area contributed by atoms with Crippen molar-refractivity contribution in [3.63, 3.8) is 0 Å². The van der Waals surface area contributed by atoms with Crippen LogP contribution in [0.5, 0.6) is 0 Å². The van der Waals surface area contributed by atoms with Crippen LogP contribution in [0.1, 0.15) is 100 Å². The largest absolute Gasteiger partial charge is 0.436 e. The van der Waals surface area contributed by atoms with Crippen molar-refractivity contribution in [2.24, 2.45) is 23.3 Å². The van der Waals surface area contributed by atoms with E-state index < -0.39 is 23.9 Å². The maximum atomic E-state index is 14.2. The number of primary amides is 2. The average Bonchev–Trinajstić information content (AvgIpc) is 4.12. The van der Waals surface area contributed by atoms with Crippen LogP contribution in [0.15, 0.2) is 60.9 Å². The average molecular weight is 847 g/mol.